The predicted molar refractivity (Wildman–Crippen MR) is 75.7 cm³/mol. The van der Waals surface area contributed by atoms with Crippen LogP contribution in [0.4, 0.5) is 5.82 Å². The van der Waals surface area contributed by atoms with Gasteiger partial charge in [-0.15, -0.1) is 0 Å². The van der Waals surface area contributed by atoms with Crippen LogP contribution < -0.4 is 15.2 Å². The lowest BCUT2D eigenvalue weighted by atomic mass is 10.1. The predicted octanol–water partition coefficient (Wildman–Crippen LogP) is 2.22. The number of rotatable bonds is 1. The van der Waals surface area contributed by atoms with Crippen LogP contribution in [-0.4, -0.2) is 23.0 Å². The number of nitrogens with zero attached hydrogens (tertiary/aromatic N) is 2. The zero-order valence-electron chi connectivity index (χ0n) is 11.4. The van der Waals surface area contributed by atoms with Crippen LogP contribution in [0.2, 0.25) is 0 Å². The summed E-state index contributed by atoms with van der Waals surface area (Å²) in [5.74, 6) is 2.26. The fraction of sp³-hybridized carbons (Fsp3) is 0.400. The third kappa shape index (κ3) is 1.81. The molecule has 1 fully saturated rings. The van der Waals surface area contributed by atoms with Gasteiger partial charge in [-0.1, -0.05) is 0 Å². The van der Waals surface area contributed by atoms with E-state index in [-0.39, 0.29) is 5.41 Å². The van der Waals surface area contributed by atoms with E-state index in [0.29, 0.717) is 5.82 Å². The SMILES string of the molecule is Cn1nc(-c2ccc3c(c2)OCC2(CC2)CO3)cc1N. The van der Waals surface area contributed by atoms with Crippen molar-refractivity contribution in [1.82, 2.24) is 9.78 Å². The highest BCUT2D eigenvalue weighted by Gasteiger charge is 2.46. The summed E-state index contributed by atoms with van der Waals surface area (Å²) in [5.41, 5.74) is 7.93. The van der Waals surface area contributed by atoms with Gasteiger partial charge in [0.25, 0.3) is 0 Å². The Balaban J connectivity index is 1.69. The fourth-order valence-corrected chi connectivity index (χ4v) is 2.49. The Morgan fingerprint density at radius 2 is 1.90 bits per heavy atom. The minimum Gasteiger partial charge on any atom is -0.489 e. The molecule has 5 heteroatoms. The van der Waals surface area contributed by atoms with Crippen molar-refractivity contribution in [3.63, 3.8) is 0 Å². The zero-order chi connectivity index (χ0) is 13.7. The van der Waals surface area contributed by atoms with Gasteiger partial charge < -0.3 is 15.2 Å². The molecule has 1 spiro atoms. The van der Waals surface area contributed by atoms with E-state index in [1.54, 1.807) is 4.68 Å². The minimum absolute atomic E-state index is 0.259. The summed E-state index contributed by atoms with van der Waals surface area (Å²) in [7, 11) is 1.83. The molecule has 2 aromatic rings. The number of anilines is 1. The Morgan fingerprint density at radius 3 is 2.55 bits per heavy atom. The molecule has 20 heavy (non-hydrogen) atoms. The number of hydrogen-bond donors (Lipinski definition) is 1. The van der Waals surface area contributed by atoms with Gasteiger partial charge >= 0.3 is 0 Å². The molecular weight excluding hydrogens is 254 g/mol. The molecule has 4 rings (SSSR count). The molecule has 1 saturated carbocycles. The van der Waals surface area contributed by atoms with E-state index in [4.69, 9.17) is 15.2 Å². The van der Waals surface area contributed by atoms with Crippen LogP contribution in [0.1, 0.15) is 12.8 Å². The standard InChI is InChI=1S/C15H17N3O2/c1-18-14(16)7-11(17-18)10-2-3-12-13(6-10)20-9-15(4-5-15)8-19-12/h2-3,6-7H,4-5,8-9,16H2,1H3. The Kier molecular flexibility index (Phi) is 2.28. The summed E-state index contributed by atoms with van der Waals surface area (Å²) in [6, 6.07) is 7.80. The van der Waals surface area contributed by atoms with Crippen molar-refractivity contribution >= 4 is 5.82 Å². The number of ether oxygens (including phenoxy) is 2. The second kappa shape index (κ2) is 3.91. The maximum atomic E-state index is 5.93. The smallest absolute Gasteiger partial charge is 0.161 e. The van der Waals surface area contributed by atoms with Crippen LogP contribution in [0.25, 0.3) is 11.3 Å². The topological polar surface area (TPSA) is 62.3 Å². The molecule has 2 heterocycles. The van der Waals surface area contributed by atoms with Crippen molar-refractivity contribution < 1.29 is 9.47 Å². The normalized spacial score (nSPS) is 18.9. The van der Waals surface area contributed by atoms with Crippen molar-refractivity contribution in [3.8, 4) is 22.8 Å². The van der Waals surface area contributed by atoms with Crippen molar-refractivity contribution in [1.29, 1.82) is 0 Å². The molecule has 2 aliphatic rings. The second-order valence-electron chi connectivity index (χ2n) is 5.82. The highest BCUT2D eigenvalue weighted by molar-refractivity contribution is 5.66. The molecule has 0 atom stereocenters. The molecule has 1 aromatic heterocycles. The number of fused-ring (bicyclic) bond motifs is 1. The summed E-state index contributed by atoms with van der Waals surface area (Å²) in [5, 5.41) is 4.39. The molecule has 0 bridgehead atoms. The minimum atomic E-state index is 0.259. The van der Waals surface area contributed by atoms with Gasteiger partial charge in [-0.25, -0.2) is 0 Å². The number of aromatic nitrogens is 2. The zero-order valence-corrected chi connectivity index (χ0v) is 11.4. The lowest BCUT2D eigenvalue weighted by molar-refractivity contribution is 0.197. The summed E-state index contributed by atoms with van der Waals surface area (Å²) < 4.78 is 13.5. The lowest BCUT2D eigenvalue weighted by Gasteiger charge is -2.08. The highest BCUT2D eigenvalue weighted by atomic mass is 16.5. The van der Waals surface area contributed by atoms with Gasteiger partial charge in [0.2, 0.25) is 0 Å². The Labute approximate surface area is 117 Å². The summed E-state index contributed by atoms with van der Waals surface area (Å²) in [6.45, 7) is 1.50. The maximum absolute atomic E-state index is 5.93. The van der Waals surface area contributed by atoms with Gasteiger partial charge in [0.05, 0.1) is 18.9 Å². The molecule has 1 aromatic carbocycles. The molecule has 0 radical (unpaired) electrons. The molecular formula is C15H17N3O2. The van der Waals surface area contributed by atoms with Crippen LogP contribution in [0.5, 0.6) is 11.5 Å². The van der Waals surface area contributed by atoms with Crippen LogP contribution in [0, 0.1) is 5.41 Å². The quantitative estimate of drug-likeness (QED) is 0.864. The third-order valence-electron chi connectivity index (χ3n) is 4.18. The maximum Gasteiger partial charge on any atom is 0.161 e. The van der Waals surface area contributed by atoms with E-state index in [0.717, 1.165) is 36.0 Å². The van der Waals surface area contributed by atoms with E-state index in [1.165, 1.54) is 12.8 Å². The molecule has 0 unspecified atom stereocenters. The third-order valence-corrected chi connectivity index (χ3v) is 4.18. The Hall–Kier alpha value is -2.17. The first-order chi connectivity index (χ1) is 9.65. The molecule has 0 amide bonds. The first kappa shape index (κ1) is 11.6. The van der Waals surface area contributed by atoms with E-state index in [2.05, 4.69) is 5.10 Å². The van der Waals surface area contributed by atoms with E-state index < -0.39 is 0 Å². The molecule has 1 aliphatic carbocycles. The van der Waals surface area contributed by atoms with Crippen molar-refractivity contribution in [2.75, 3.05) is 18.9 Å². The van der Waals surface area contributed by atoms with E-state index in [1.807, 2.05) is 31.3 Å². The molecule has 1 aliphatic heterocycles. The number of nitrogens with two attached hydrogens (primary N) is 1. The average molecular weight is 271 g/mol. The van der Waals surface area contributed by atoms with E-state index >= 15 is 0 Å². The largest absolute Gasteiger partial charge is 0.489 e. The summed E-state index contributed by atoms with van der Waals surface area (Å²) in [4.78, 5) is 0. The van der Waals surface area contributed by atoms with Crippen molar-refractivity contribution in [2.24, 2.45) is 12.5 Å². The van der Waals surface area contributed by atoms with Crippen molar-refractivity contribution in [2.45, 2.75) is 12.8 Å². The van der Waals surface area contributed by atoms with Crippen LogP contribution >= 0.6 is 0 Å². The molecule has 5 nitrogen and oxygen atoms in total. The second-order valence-corrected chi connectivity index (χ2v) is 5.82. The number of aryl methyl sites for hydroxylation is 1. The van der Waals surface area contributed by atoms with Gasteiger partial charge in [0, 0.05) is 24.1 Å². The van der Waals surface area contributed by atoms with E-state index in [9.17, 15) is 0 Å². The van der Waals surface area contributed by atoms with Gasteiger partial charge in [0.15, 0.2) is 11.5 Å². The number of nitrogen functional groups attached to an aromatic ring is 1. The molecule has 0 saturated heterocycles. The summed E-state index contributed by atoms with van der Waals surface area (Å²) in [6.07, 6.45) is 2.40. The number of benzene rings is 1. The monoisotopic (exact) mass is 271 g/mol. The van der Waals surface area contributed by atoms with Crippen LogP contribution in [-0.2, 0) is 7.05 Å². The average Bonchev–Trinajstić information content (AvgIpc) is 3.18. The van der Waals surface area contributed by atoms with Gasteiger partial charge in [-0.3, -0.25) is 4.68 Å². The van der Waals surface area contributed by atoms with Crippen LogP contribution in [0.15, 0.2) is 24.3 Å². The lowest BCUT2D eigenvalue weighted by Crippen LogP contribution is -2.17. The fourth-order valence-electron chi connectivity index (χ4n) is 2.49. The summed E-state index contributed by atoms with van der Waals surface area (Å²) >= 11 is 0. The van der Waals surface area contributed by atoms with Gasteiger partial charge in [0.1, 0.15) is 5.82 Å². The van der Waals surface area contributed by atoms with Gasteiger partial charge in [-0.2, -0.15) is 5.10 Å². The Morgan fingerprint density at radius 1 is 1.15 bits per heavy atom. The first-order valence-electron chi connectivity index (χ1n) is 6.85. The Bertz CT molecular complexity index is 654. The molecule has 104 valence electrons. The highest BCUT2D eigenvalue weighted by Crippen LogP contribution is 2.49. The molecule has 2 N–H and O–H groups in total. The first-order valence-corrected chi connectivity index (χ1v) is 6.85. The van der Waals surface area contributed by atoms with Gasteiger partial charge in [-0.05, 0) is 31.0 Å². The number of hydrogen-bond acceptors (Lipinski definition) is 4. The van der Waals surface area contributed by atoms with Crippen molar-refractivity contribution in [3.05, 3.63) is 24.3 Å². The van der Waals surface area contributed by atoms with Crippen LogP contribution in [0.3, 0.4) is 0 Å².